The Balaban J connectivity index is 4.91. The zero-order valence-corrected chi connectivity index (χ0v) is 11.9. The average molecular weight is 244 g/mol. The molecule has 0 aromatic heterocycles. The average Bonchev–Trinajstić information content (AvgIpc) is 2.29. The fraction of sp³-hybridized carbons (Fsp3) is 0.923. The number of hydrogen-bond donors (Lipinski definition) is 1. The van der Waals surface area contributed by atoms with Crippen molar-refractivity contribution in [1.82, 2.24) is 4.90 Å². The summed E-state index contributed by atoms with van der Waals surface area (Å²) in [5.74, 6) is -0.0108. The molecule has 0 aromatic carbocycles. The van der Waals surface area contributed by atoms with Crippen LogP contribution in [0.15, 0.2) is 0 Å². The summed E-state index contributed by atoms with van der Waals surface area (Å²) in [6.45, 7) is 12.9. The van der Waals surface area contributed by atoms with E-state index in [2.05, 4.69) is 32.6 Å². The van der Waals surface area contributed by atoms with Crippen molar-refractivity contribution in [3.05, 3.63) is 0 Å². The second-order valence-corrected chi connectivity index (χ2v) is 4.55. The summed E-state index contributed by atoms with van der Waals surface area (Å²) in [4.78, 5) is 14.2. The van der Waals surface area contributed by atoms with Crippen LogP contribution in [0.25, 0.3) is 0 Å². The molecule has 0 amide bonds. The number of esters is 1. The lowest BCUT2D eigenvalue weighted by atomic mass is 9.88. The number of ether oxygens (including phenoxy) is 1. The van der Waals surface area contributed by atoms with Gasteiger partial charge < -0.3 is 10.5 Å². The maximum absolute atomic E-state index is 11.9. The quantitative estimate of drug-likeness (QED) is 0.657. The summed E-state index contributed by atoms with van der Waals surface area (Å²) in [6.07, 6.45) is 0. The molecule has 0 bridgehead atoms. The molecule has 17 heavy (non-hydrogen) atoms. The molecule has 0 saturated heterocycles. The Morgan fingerprint density at radius 1 is 1.24 bits per heavy atom. The van der Waals surface area contributed by atoms with Gasteiger partial charge in [-0.15, -0.1) is 0 Å². The first kappa shape index (κ1) is 16.4. The molecule has 4 nitrogen and oxygen atoms in total. The normalized spacial score (nSPS) is 15.1. The van der Waals surface area contributed by atoms with Crippen molar-refractivity contribution >= 4 is 5.97 Å². The second-order valence-electron chi connectivity index (χ2n) is 4.55. The van der Waals surface area contributed by atoms with Gasteiger partial charge in [-0.3, -0.25) is 9.69 Å². The van der Waals surface area contributed by atoms with Gasteiger partial charge in [0.25, 0.3) is 0 Å². The first-order valence-corrected chi connectivity index (χ1v) is 6.64. The molecule has 0 rings (SSSR count). The Morgan fingerprint density at radius 3 is 2.06 bits per heavy atom. The Labute approximate surface area is 105 Å². The van der Waals surface area contributed by atoms with Gasteiger partial charge in [-0.2, -0.15) is 0 Å². The van der Waals surface area contributed by atoms with E-state index in [-0.39, 0.29) is 17.9 Å². The fourth-order valence-corrected chi connectivity index (χ4v) is 2.41. The number of rotatable bonds is 8. The van der Waals surface area contributed by atoms with Gasteiger partial charge in [-0.05, 0) is 25.9 Å². The number of hydrogen-bond acceptors (Lipinski definition) is 4. The molecule has 102 valence electrons. The van der Waals surface area contributed by atoms with E-state index in [1.807, 2.05) is 6.92 Å². The van der Waals surface area contributed by atoms with Gasteiger partial charge in [0.1, 0.15) is 0 Å². The predicted molar refractivity (Wildman–Crippen MR) is 70.7 cm³/mol. The molecule has 4 heteroatoms. The molecule has 0 aliphatic rings. The zero-order chi connectivity index (χ0) is 13.4. The van der Waals surface area contributed by atoms with Gasteiger partial charge in [0.05, 0.1) is 12.5 Å². The SMILES string of the molecule is CCOC(=O)[C@H](CN)[C@@H](C(C)C)N(CC)CC. The maximum Gasteiger partial charge on any atom is 0.311 e. The molecule has 0 saturated carbocycles. The van der Waals surface area contributed by atoms with Crippen LogP contribution >= 0.6 is 0 Å². The van der Waals surface area contributed by atoms with Crippen LogP contribution in [0.5, 0.6) is 0 Å². The molecule has 0 aromatic rings. The highest BCUT2D eigenvalue weighted by molar-refractivity contribution is 5.73. The Hall–Kier alpha value is -0.610. The molecule has 0 radical (unpaired) electrons. The maximum atomic E-state index is 11.9. The highest BCUT2D eigenvalue weighted by Crippen LogP contribution is 2.20. The third-order valence-electron chi connectivity index (χ3n) is 3.17. The molecule has 2 atom stereocenters. The van der Waals surface area contributed by atoms with Crippen LogP contribution in [-0.4, -0.2) is 43.2 Å². The molecule has 0 heterocycles. The summed E-state index contributed by atoms with van der Waals surface area (Å²) in [6, 6.07) is 0.161. The minimum absolute atomic E-state index is 0.161. The third kappa shape index (κ3) is 4.64. The molecule has 0 aliphatic carbocycles. The van der Waals surface area contributed by atoms with Crippen molar-refractivity contribution in [1.29, 1.82) is 0 Å². The lowest BCUT2D eigenvalue weighted by Crippen LogP contribution is -2.49. The van der Waals surface area contributed by atoms with Crippen molar-refractivity contribution in [2.45, 2.75) is 40.7 Å². The summed E-state index contributed by atoms with van der Waals surface area (Å²) in [7, 11) is 0. The third-order valence-corrected chi connectivity index (χ3v) is 3.17. The van der Waals surface area contributed by atoms with Crippen LogP contribution in [0, 0.1) is 11.8 Å². The van der Waals surface area contributed by atoms with Crippen molar-refractivity contribution < 1.29 is 9.53 Å². The second kappa shape index (κ2) is 8.48. The van der Waals surface area contributed by atoms with Crippen LogP contribution in [-0.2, 0) is 9.53 Å². The van der Waals surface area contributed by atoms with E-state index in [1.54, 1.807) is 0 Å². The standard InChI is InChI=1S/C13H28N2O2/c1-6-15(7-2)12(10(4)5)11(9-14)13(16)17-8-3/h10-12H,6-9,14H2,1-5H3/t11-,12-/m1/s1. The Bertz CT molecular complexity index is 215. The summed E-state index contributed by atoms with van der Waals surface area (Å²) >= 11 is 0. The Morgan fingerprint density at radius 2 is 1.76 bits per heavy atom. The number of nitrogens with two attached hydrogens (primary N) is 1. The summed E-state index contributed by atoms with van der Waals surface area (Å²) in [5.41, 5.74) is 5.76. The first-order valence-electron chi connectivity index (χ1n) is 6.64. The monoisotopic (exact) mass is 244 g/mol. The summed E-state index contributed by atoms with van der Waals surface area (Å²) < 4.78 is 5.12. The molecule has 2 N–H and O–H groups in total. The smallest absolute Gasteiger partial charge is 0.311 e. The van der Waals surface area contributed by atoms with Crippen molar-refractivity contribution in [2.24, 2.45) is 17.6 Å². The topological polar surface area (TPSA) is 55.6 Å². The van der Waals surface area contributed by atoms with Gasteiger partial charge >= 0.3 is 5.97 Å². The molecule has 0 unspecified atom stereocenters. The minimum atomic E-state index is -0.227. The van der Waals surface area contributed by atoms with E-state index in [0.29, 0.717) is 19.1 Å². The van der Waals surface area contributed by atoms with Gasteiger partial charge in [-0.25, -0.2) is 0 Å². The van der Waals surface area contributed by atoms with Crippen molar-refractivity contribution in [2.75, 3.05) is 26.2 Å². The van der Waals surface area contributed by atoms with Crippen LogP contribution in [0.1, 0.15) is 34.6 Å². The van der Waals surface area contributed by atoms with Crippen molar-refractivity contribution in [3.8, 4) is 0 Å². The van der Waals surface area contributed by atoms with Gasteiger partial charge in [0.15, 0.2) is 0 Å². The van der Waals surface area contributed by atoms with Gasteiger partial charge in [0.2, 0.25) is 0 Å². The first-order chi connectivity index (χ1) is 8.03. The summed E-state index contributed by atoms with van der Waals surface area (Å²) in [5, 5.41) is 0. The largest absolute Gasteiger partial charge is 0.466 e. The van der Waals surface area contributed by atoms with Crippen LogP contribution in [0.2, 0.25) is 0 Å². The molecular formula is C13H28N2O2. The number of carbonyl (C=O) groups is 1. The molecule has 0 fully saturated rings. The molecule has 0 spiro atoms. The van der Waals surface area contributed by atoms with E-state index in [4.69, 9.17) is 10.5 Å². The van der Waals surface area contributed by atoms with Gasteiger partial charge in [0, 0.05) is 12.6 Å². The molecular weight excluding hydrogens is 216 g/mol. The van der Waals surface area contributed by atoms with E-state index >= 15 is 0 Å². The van der Waals surface area contributed by atoms with Crippen LogP contribution < -0.4 is 5.73 Å². The zero-order valence-electron chi connectivity index (χ0n) is 11.9. The lowest BCUT2D eigenvalue weighted by molar-refractivity contribution is -0.151. The fourth-order valence-electron chi connectivity index (χ4n) is 2.41. The van der Waals surface area contributed by atoms with E-state index in [9.17, 15) is 4.79 Å². The van der Waals surface area contributed by atoms with Gasteiger partial charge in [-0.1, -0.05) is 27.7 Å². The number of carbonyl (C=O) groups excluding carboxylic acids is 1. The van der Waals surface area contributed by atoms with E-state index in [0.717, 1.165) is 13.1 Å². The highest BCUT2D eigenvalue weighted by Gasteiger charge is 2.33. The Kier molecular flexibility index (Phi) is 8.17. The van der Waals surface area contributed by atoms with E-state index in [1.165, 1.54) is 0 Å². The van der Waals surface area contributed by atoms with E-state index < -0.39 is 0 Å². The predicted octanol–water partition coefficient (Wildman–Crippen LogP) is 1.49. The van der Waals surface area contributed by atoms with Crippen LogP contribution in [0.3, 0.4) is 0 Å². The minimum Gasteiger partial charge on any atom is -0.466 e. The lowest BCUT2D eigenvalue weighted by Gasteiger charge is -2.37. The van der Waals surface area contributed by atoms with Crippen molar-refractivity contribution in [3.63, 3.8) is 0 Å². The highest BCUT2D eigenvalue weighted by atomic mass is 16.5. The van der Waals surface area contributed by atoms with Crippen LogP contribution in [0.4, 0.5) is 0 Å². The number of nitrogens with zero attached hydrogens (tertiary/aromatic N) is 1. The molecule has 0 aliphatic heterocycles.